The Balaban J connectivity index is 1.97. The van der Waals surface area contributed by atoms with Crippen LogP contribution in [-0.2, 0) is 7.05 Å². The van der Waals surface area contributed by atoms with Crippen LogP contribution in [-0.4, -0.2) is 15.7 Å². The Bertz CT molecular complexity index is 994. The molecule has 0 radical (unpaired) electrons. The van der Waals surface area contributed by atoms with Gasteiger partial charge in [0.25, 0.3) is 5.91 Å². The van der Waals surface area contributed by atoms with Crippen LogP contribution in [0, 0.1) is 30.2 Å². The van der Waals surface area contributed by atoms with Crippen LogP contribution in [0.2, 0.25) is 0 Å². The number of amides is 1. The van der Waals surface area contributed by atoms with Crippen molar-refractivity contribution in [1.82, 2.24) is 9.78 Å². The lowest BCUT2D eigenvalue weighted by atomic mass is 10.0. The number of carbonyl (C=O) groups is 1. The van der Waals surface area contributed by atoms with Crippen molar-refractivity contribution in [3.8, 4) is 11.1 Å². The van der Waals surface area contributed by atoms with Gasteiger partial charge in [-0.25, -0.2) is 17.6 Å². The number of halogens is 4. The molecule has 134 valence electrons. The number of nitrogens with zero attached hydrogens (tertiary/aromatic N) is 2. The van der Waals surface area contributed by atoms with E-state index in [0.717, 1.165) is 24.3 Å². The van der Waals surface area contributed by atoms with E-state index >= 15 is 0 Å². The highest BCUT2D eigenvalue weighted by Crippen LogP contribution is 2.30. The number of carbonyl (C=O) groups excluding carboxylic acids is 1. The first kappa shape index (κ1) is 17.7. The van der Waals surface area contributed by atoms with Gasteiger partial charge in [-0.1, -0.05) is 6.07 Å². The Morgan fingerprint density at radius 1 is 1.00 bits per heavy atom. The first-order chi connectivity index (χ1) is 12.3. The summed E-state index contributed by atoms with van der Waals surface area (Å²) in [6.07, 6.45) is 1.53. The number of aromatic nitrogens is 2. The molecule has 8 heteroatoms. The summed E-state index contributed by atoms with van der Waals surface area (Å²) in [7, 11) is 1.64. The summed E-state index contributed by atoms with van der Waals surface area (Å²) in [6.45, 7) is 1.64. The van der Waals surface area contributed by atoms with E-state index in [-0.39, 0.29) is 5.56 Å². The predicted octanol–water partition coefficient (Wildman–Crippen LogP) is 4.20. The summed E-state index contributed by atoms with van der Waals surface area (Å²) < 4.78 is 57.5. The quantitative estimate of drug-likeness (QED) is 0.709. The smallest absolute Gasteiger partial charge is 0.261 e. The first-order valence-electron chi connectivity index (χ1n) is 7.53. The van der Waals surface area contributed by atoms with Gasteiger partial charge in [0.05, 0.1) is 11.4 Å². The number of hydrogen-bond acceptors (Lipinski definition) is 2. The zero-order chi connectivity index (χ0) is 19.0. The predicted molar refractivity (Wildman–Crippen MR) is 87.6 cm³/mol. The summed E-state index contributed by atoms with van der Waals surface area (Å²) >= 11 is 0. The van der Waals surface area contributed by atoms with Gasteiger partial charge < -0.3 is 5.32 Å². The van der Waals surface area contributed by atoms with E-state index < -0.39 is 40.4 Å². The van der Waals surface area contributed by atoms with E-state index in [9.17, 15) is 22.4 Å². The number of aryl methyl sites for hydroxylation is 2. The van der Waals surface area contributed by atoms with E-state index in [0.29, 0.717) is 11.3 Å². The standard InChI is InChI=1S/C18H13F4N3O/c1-9-11(8-25(2)24-9)10-6-7-14(17(22)16(10)21)23-18(26)15-12(19)4-3-5-13(15)20/h3-8H,1-2H3,(H,23,26). The number of hydrogen-bond donors (Lipinski definition) is 1. The Morgan fingerprint density at radius 3 is 2.23 bits per heavy atom. The van der Waals surface area contributed by atoms with Crippen molar-refractivity contribution in [2.75, 3.05) is 5.32 Å². The summed E-state index contributed by atoms with van der Waals surface area (Å²) in [5, 5.41) is 6.06. The fraction of sp³-hybridized carbons (Fsp3) is 0.111. The molecule has 0 aliphatic carbocycles. The molecule has 1 amide bonds. The van der Waals surface area contributed by atoms with Gasteiger partial charge in [-0.05, 0) is 31.2 Å². The van der Waals surface area contributed by atoms with Crippen LogP contribution in [0.15, 0.2) is 36.5 Å². The highest BCUT2D eigenvalue weighted by Gasteiger charge is 2.22. The van der Waals surface area contributed by atoms with Crippen molar-refractivity contribution in [2.45, 2.75) is 6.92 Å². The fourth-order valence-electron chi connectivity index (χ4n) is 2.62. The van der Waals surface area contributed by atoms with Crippen molar-refractivity contribution < 1.29 is 22.4 Å². The highest BCUT2D eigenvalue weighted by atomic mass is 19.2. The third-order valence-corrected chi connectivity index (χ3v) is 3.82. The first-order valence-corrected chi connectivity index (χ1v) is 7.53. The van der Waals surface area contributed by atoms with Crippen molar-refractivity contribution in [1.29, 1.82) is 0 Å². The average Bonchev–Trinajstić information content (AvgIpc) is 2.90. The molecule has 0 spiro atoms. The molecular formula is C18H13F4N3O. The molecule has 1 N–H and O–H groups in total. The highest BCUT2D eigenvalue weighted by molar-refractivity contribution is 6.04. The minimum atomic E-state index is -1.34. The van der Waals surface area contributed by atoms with Gasteiger partial charge in [0.2, 0.25) is 0 Å². The minimum Gasteiger partial charge on any atom is -0.319 e. The van der Waals surface area contributed by atoms with E-state index in [1.807, 2.05) is 5.32 Å². The maximum absolute atomic E-state index is 14.4. The summed E-state index contributed by atoms with van der Waals surface area (Å²) in [5.41, 5.74) is -0.555. The lowest BCUT2D eigenvalue weighted by Crippen LogP contribution is -2.17. The SMILES string of the molecule is Cc1nn(C)cc1-c1ccc(NC(=O)c2c(F)cccc2F)c(F)c1F. The van der Waals surface area contributed by atoms with E-state index in [2.05, 4.69) is 5.10 Å². The third-order valence-electron chi connectivity index (χ3n) is 3.82. The summed E-state index contributed by atoms with van der Waals surface area (Å²) in [6, 6.07) is 5.26. The molecule has 0 unspecified atom stereocenters. The van der Waals surface area contributed by atoms with Gasteiger partial charge >= 0.3 is 0 Å². The Kier molecular flexibility index (Phi) is 4.50. The van der Waals surface area contributed by atoms with Crippen molar-refractivity contribution >= 4 is 11.6 Å². The van der Waals surface area contributed by atoms with Crippen LogP contribution < -0.4 is 5.32 Å². The van der Waals surface area contributed by atoms with Crippen molar-refractivity contribution in [2.24, 2.45) is 7.05 Å². The molecule has 2 aromatic carbocycles. The average molecular weight is 363 g/mol. The number of benzene rings is 2. The molecule has 0 saturated heterocycles. The molecule has 0 fully saturated rings. The van der Waals surface area contributed by atoms with Gasteiger partial charge in [0, 0.05) is 24.4 Å². The van der Waals surface area contributed by atoms with Gasteiger partial charge in [-0.2, -0.15) is 5.10 Å². The Hall–Kier alpha value is -3.16. The molecule has 1 heterocycles. The molecular weight excluding hydrogens is 350 g/mol. The monoisotopic (exact) mass is 363 g/mol. The molecule has 26 heavy (non-hydrogen) atoms. The second-order valence-electron chi connectivity index (χ2n) is 5.64. The zero-order valence-electron chi connectivity index (χ0n) is 13.8. The third kappa shape index (κ3) is 3.05. The van der Waals surface area contributed by atoms with E-state index in [4.69, 9.17) is 0 Å². The molecule has 3 aromatic rings. The maximum atomic E-state index is 14.4. The van der Waals surface area contributed by atoms with Gasteiger partial charge in [-0.15, -0.1) is 0 Å². The molecule has 3 rings (SSSR count). The summed E-state index contributed by atoms with van der Waals surface area (Å²) in [5.74, 6) is -5.97. The van der Waals surface area contributed by atoms with Crippen LogP contribution in [0.3, 0.4) is 0 Å². The normalized spacial score (nSPS) is 10.8. The lowest BCUT2D eigenvalue weighted by Gasteiger charge is -2.10. The second kappa shape index (κ2) is 6.62. The molecule has 0 atom stereocenters. The summed E-state index contributed by atoms with van der Waals surface area (Å²) in [4.78, 5) is 12.0. The van der Waals surface area contributed by atoms with Crippen LogP contribution in [0.25, 0.3) is 11.1 Å². The maximum Gasteiger partial charge on any atom is 0.261 e. The van der Waals surface area contributed by atoms with Gasteiger partial charge in [-0.3, -0.25) is 9.48 Å². The molecule has 4 nitrogen and oxygen atoms in total. The largest absolute Gasteiger partial charge is 0.319 e. The lowest BCUT2D eigenvalue weighted by molar-refractivity contribution is 0.101. The van der Waals surface area contributed by atoms with E-state index in [1.165, 1.54) is 16.9 Å². The van der Waals surface area contributed by atoms with Crippen LogP contribution >= 0.6 is 0 Å². The fourth-order valence-corrected chi connectivity index (χ4v) is 2.62. The number of nitrogens with one attached hydrogen (secondary N) is 1. The minimum absolute atomic E-state index is 0.0387. The Morgan fingerprint density at radius 2 is 1.65 bits per heavy atom. The zero-order valence-corrected chi connectivity index (χ0v) is 13.8. The van der Waals surface area contributed by atoms with Gasteiger partial charge in [0.15, 0.2) is 11.6 Å². The van der Waals surface area contributed by atoms with Gasteiger partial charge in [0.1, 0.15) is 17.2 Å². The van der Waals surface area contributed by atoms with Crippen LogP contribution in [0.5, 0.6) is 0 Å². The van der Waals surface area contributed by atoms with Crippen LogP contribution in [0.1, 0.15) is 16.1 Å². The molecule has 0 aliphatic heterocycles. The number of rotatable bonds is 3. The van der Waals surface area contributed by atoms with Crippen molar-refractivity contribution in [3.05, 3.63) is 71.1 Å². The molecule has 1 aromatic heterocycles. The number of anilines is 1. The molecule has 0 aliphatic rings. The second-order valence-corrected chi connectivity index (χ2v) is 5.64. The van der Waals surface area contributed by atoms with Crippen LogP contribution in [0.4, 0.5) is 23.2 Å². The van der Waals surface area contributed by atoms with Crippen molar-refractivity contribution in [3.63, 3.8) is 0 Å². The molecule has 0 bridgehead atoms. The topological polar surface area (TPSA) is 46.9 Å². The Labute approximate surface area is 146 Å². The molecule has 0 saturated carbocycles. The van der Waals surface area contributed by atoms with E-state index in [1.54, 1.807) is 14.0 Å².